The van der Waals surface area contributed by atoms with E-state index in [-0.39, 0.29) is 0 Å². The number of methoxy groups -OCH3 is 1. The number of ether oxygens (including phenoxy) is 1. The molecule has 2 unspecified atom stereocenters. The minimum atomic E-state index is 0.349. The van der Waals surface area contributed by atoms with Gasteiger partial charge in [-0.05, 0) is 30.5 Å². The Balaban J connectivity index is 1.92. The molecule has 1 saturated heterocycles. The Morgan fingerprint density at radius 2 is 2.33 bits per heavy atom. The molecule has 18 heavy (non-hydrogen) atoms. The molecule has 0 amide bonds. The van der Waals surface area contributed by atoms with Crippen molar-refractivity contribution in [3.05, 3.63) is 29.6 Å². The van der Waals surface area contributed by atoms with E-state index in [0.29, 0.717) is 18.6 Å². The lowest BCUT2D eigenvalue weighted by Crippen LogP contribution is -2.43. The lowest BCUT2D eigenvalue weighted by Gasteiger charge is -2.35. The first-order chi connectivity index (χ1) is 8.72. The number of rotatable bonds is 4. The summed E-state index contributed by atoms with van der Waals surface area (Å²) in [7, 11) is 1.80. The SMILES string of the molecule is COC1CN(Cc2ccc(CN)cn2)CCC1C. The van der Waals surface area contributed by atoms with Gasteiger partial charge in [0.15, 0.2) is 0 Å². The standard InChI is InChI=1S/C14H23N3O/c1-11-5-6-17(10-14(11)18-2)9-13-4-3-12(7-15)8-16-13/h3-4,8,11,14H,5-7,9-10,15H2,1-2H3. The number of pyridine rings is 1. The topological polar surface area (TPSA) is 51.4 Å². The monoisotopic (exact) mass is 249 g/mol. The van der Waals surface area contributed by atoms with Crippen LogP contribution in [0, 0.1) is 5.92 Å². The van der Waals surface area contributed by atoms with E-state index < -0.39 is 0 Å². The second-order valence-corrected chi connectivity index (χ2v) is 5.14. The van der Waals surface area contributed by atoms with Gasteiger partial charge in [0.1, 0.15) is 0 Å². The summed E-state index contributed by atoms with van der Waals surface area (Å²) < 4.78 is 5.53. The third-order valence-corrected chi connectivity index (χ3v) is 3.78. The average molecular weight is 249 g/mol. The lowest BCUT2D eigenvalue weighted by molar-refractivity contribution is -0.00778. The van der Waals surface area contributed by atoms with Gasteiger partial charge in [-0.1, -0.05) is 13.0 Å². The summed E-state index contributed by atoms with van der Waals surface area (Å²) in [6.07, 6.45) is 3.41. The van der Waals surface area contributed by atoms with Crippen molar-refractivity contribution in [2.75, 3.05) is 20.2 Å². The number of nitrogens with two attached hydrogens (primary N) is 1. The van der Waals surface area contributed by atoms with Gasteiger partial charge in [-0.25, -0.2) is 0 Å². The Kier molecular flexibility index (Phi) is 4.69. The van der Waals surface area contributed by atoms with E-state index in [2.05, 4.69) is 28.9 Å². The Morgan fingerprint density at radius 1 is 1.50 bits per heavy atom. The second-order valence-electron chi connectivity index (χ2n) is 5.14. The van der Waals surface area contributed by atoms with Crippen LogP contribution in [0.4, 0.5) is 0 Å². The van der Waals surface area contributed by atoms with E-state index in [1.807, 2.05) is 6.20 Å². The molecule has 1 fully saturated rings. The van der Waals surface area contributed by atoms with E-state index in [1.165, 1.54) is 6.42 Å². The Labute approximate surface area is 109 Å². The molecule has 1 aromatic heterocycles. The molecule has 4 nitrogen and oxygen atoms in total. The fourth-order valence-electron chi connectivity index (χ4n) is 2.45. The molecule has 0 bridgehead atoms. The first kappa shape index (κ1) is 13.5. The maximum absolute atomic E-state index is 5.57. The molecule has 0 aliphatic carbocycles. The van der Waals surface area contributed by atoms with Crippen molar-refractivity contribution in [3.63, 3.8) is 0 Å². The molecule has 1 aliphatic heterocycles. The summed E-state index contributed by atoms with van der Waals surface area (Å²) in [5, 5.41) is 0. The van der Waals surface area contributed by atoms with Crippen LogP contribution in [0.5, 0.6) is 0 Å². The highest BCUT2D eigenvalue weighted by Crippen LogP contribution is 2.20. The van der Waals surface area contributed by atoms with E-state index in [1.54, 1.807) is 7.11 Å². The van der Waals surface area contributed by atoms with Crippen molar-refractivity contribution >= 4 is 0 Å². The van der Waals surface area contributed by atoms with Crippen LogP contribution in [-0.4, -0.2) is 36.2 Å². The Hall–Kier alpha value is -0.970. The molecule has 1 aliphatic rings. The van der Waals surface area contributed by atoms with Crippen LogP contribution in [0.1, 0.15) is 24.6 Å². The molecular weight excluding hydrogens is 226 g/mol. The van der Waals surface area contributed by atoms with Gasteiger partial charge >= 0.3 is 0 Å². The van der Waals surface area contributed by atoms with Gasteiger partial charge in [0, 0.05) is 32.9 Å². The minimum absolute atomic E-state index is 0.349. The first-order valence-corrected chi connectivity index (χ1v) is 6.62. The zero-order chi connectivity index (χ0) is 13.0. The van der Waals surface area contributed by atoms with Gasteiger partial charge in [-0.3, -0.25) is 9.88 Å². The van der Waals surface area contributed by atoms with Gasteiger partial charge in [0.25, 0.3) is 0 Å². The zero-order valence-electron chi connectivity index (χ0n) is 11.3. The number of nitrogens with zero attached hydrogens (tertiary/aromatic N) is 2. The normalized spacial score (nSPS) is 25.3. The smallest absolute Gasteiger partial charge is 0.0724 e. The maximum Gasteiger partial charge on any atom is 0.0724 e. The van der Waals surface area contributed by atoms with Gasteiger partial charge in [0.05, 0.1) is 11.8 Å². The summed E-state index contributed by atoms with van der Waals surface area (Å²) >= 11 is 0. The molecule has 4 heteroatoms. The van der Waals surface area contributed by atoms with Crippen LogP contribution >= 0.6 is 0 Å². The number of piperidine rings is 1. The predicted molar refractivity (Wildman–Crippen MR) is 72.0 cm³/mol. The zero-order valence-corrected chi connectivity index (χ0v) is 11.3. The number of aromatic nitrogens is 1. The molecule has 2 rings (SSSR count). The highest BCUT2D eigenvalue weighted by Gasteiger charge is 2.25. The molecular formula is C14H23N3O. The fraction of sp³-hybridized carbons (Fsp3) is 0.643. The van der Waals surface area contributed by atoms with Crippen molar-refractivity contribution < 1.29 is 4.74 Å². The Morgan fingerprint density at radius 3 is 2.94 bits per heavy atom. The van der Waals surface area contributed by atoms with Gasteiger partial charge in [-0.15, -0.1) is 0 Å². The second kappa shape index (κ2) is 6.27. The van der Waals surface area contributed by atoms with E-state index in [4.69, 9.17) is 10.5 Å². The third kappa shape index (κ3) is 3.28. The van der Waals surface area contributed by atoms with Gasteiger partial charge in [0.2, 0.25) is 0 Å². The highest BCUT2D eigenvalue weighted by atomic mass is 16.5. The number of likely N-dealkylation sites (tertiary alicyclic amines) is 1. The molecule has 2 atom stereocenters. The van der Waals surface area contributed by atoms with E-state index in [0.717, 1.165) is 30.9 Å². The van der Waals surface area contributed by atoms with Crippen LogP contribution in [0.25, 0.3) is 0 Å². The minimum Gasteiger partial charge on any atom is -0.380 e. The first-order valence-electron chi connectivity index (χ1n) is 6.62. The average Bonchev–Trinajstić information content (AvgIpc) is 2.42. The molecule has 0 saturated carbocycles. The summed E-state index contributed by atoms with van der Waals surface area (Å²) in [5.74, 6) is 0.652. The molecule has 0 spiro atoms. The fourth-order valence-corrected chi connectivity index (χ4v) is 2.45. The summed E-state index contributed by atoms with van der Waals surface area (Å²) in [4.78, 5) is 6.87. The van der Waals surface area contributed by atoms with Crippen molar-refractivity contribution in [2.45, 2.75) is 32.5 Å². The maximum atomic E-state index is 5.57. The lowest BCUT2D eigenvalue weighted by atomic mass is 9.96. The van der Waals surface area contributed by atoms with E-state index >= 15 is 0 Å². The molecule has 0 aromatic carbocycles. The summed E-state index contributed by atoms with van der Waals surface area (Å²) in [5.41, 5.74) is 7.76. The summed E-state index contributed by atoms with van der Waals surface area (Å²) in [6, 6.07) is 4.13. The number of hydrogen-bond donors (Lipinski definition) is 1. The van der Waals surface area contributed by atoms with Crippen LogP contribution in [0.2, 0.25) is 0 Å². The molecule has 1 aromatic rings. The van der Waals surface area contributed by atoms with Crippen LogP contribution in [0.3, 0.4) is 0 Å². The van der Waals surface area contributed by atoms with E-state index in [9.17, 15) is 0 Å². The quantitative estimate of drug-likeness (QED) is 0.876. The molecule has 100 valence electrons. The van der Waals surface area contributed by atoms with Crippen molar-refractivity contribution in [1.82, 2.24) is 9.88 Å². The predicted octanol–water partition coefficient (Wildman–Crippen LogP) is 1.40. The van der Waals surface area contributed by atoms with Gasteiger partial charge < -0.3 is 10.5 Å². The molecule has 2 N–H and O–H groups in total. The van der Waals surface area contributed by atoms with Crippen molar-refractivity contribution in [1.29, 1.82) is 0 Å². The number of hydrogen-bond acceptors (Lipinski definition) is 4. The van der Waals surface area contributed by atoms with Gasteiger partial charge in [-0.2, -0.15) is 0 Å². The Bertz CT molecular complexity index is 366. The third-order valence-electron chi connectivity index (χ3n) is 3.78. The van der Waals surface area contributed by atoms with Crippen molar-refractivity contribution in [2.24, 2.45) is 11.7 Å². The van der Waals surface area contributed by atoms with Crippen molar-refractivity contribution in [3.8, 4) is 0 Å². The van der Waals surface area contributed by atoms with Crippen LogP contribution in [0.15, 0.2) is 18.3 Å². The molecule has 2 heterocycles. The highest BCUT2D eigenvalue weighted by molar-refractivity contribution is 5.13. The molecule has 0 radical (unpaired) electrons. The van der Waals surface area contributed by atoms with Crippen LogP contribution in [-0.2, 0) is 17.8 Å². The van der Waals surface area contributed by atoms with Crippen LogP contribution < -0.4 is 5.73 Å². The largest absolute Gasteiger partial charge is 0.380 e. The summed E-state index contributed by atoms with van der Waals surface area (Å²) in [6.45, 7) is 5.84.